The number of rotatable bonds is 3. The summed E-state index contributed by atoms with van der Waals surface area (Å²) < 4.78 is 20.0. The Labute approximate surface area is 159 Å². The van der Waals surface area contributed by atoms with Gasteiger partial charge in [-0.05, 0) is 49.6 Å². The van der Waals surface area contributed by atoms with Gasteiger partial charge in [0.25, 0.3) is 11.8 Å². The van der Waals surface area contributed by atoms with Crippen molar-refractivity contribution in [1.82, 2.24) is 10.2 Å². The average Bonchev–Trinajstić information content (AvgIpc) is 3.31. The fourth-order valence-electron chi connectivity index (χ4n) is 3.50. The Hall–Kier alpha value is -2.67. The number of nitrogens with zero attached hydrogens (tertiary/aromatic N) is 1. The topological polar surface area (TPSA) is 62.6 Å². The van der Waals surface area contributed by atoms with Gasteiger partial charge in [-0.2, -0.15) is 0 Å². The normalized spacial score (nSPS) is 15.3. The van der Waals surface area contributed by atoms with E-state index in [1.807, 2.05) is 6.07 Å². The molecule has 1 aromatic carbocycles. The second-order valence-corrected chi connectivity index (χ2v) is 7.74. The Kier molecular flexibility index (Phi) is 4.70. The van der Waals surface area contributed by atoms with Gasteiger partial charge in [0.15, 0.2) is 5.76 Å². The lowest BCUT2D eigenvalue weighted by Crippen LogP contribution is -2.46. The summed E-state index contributed by atoms with van der Waals surface area (Å²) in [7, 11) is 0. The lowest BCUT2D eigenvalue weighted by atomic mass is 10.0. The van der Waals surface area contributed by atoms with Crippen molar-refractivity contribution in [2.75, 3.05) is 13.1 Å². The van der Waals surface area contributed by atoms with E-state index in [9.17, 15) is 14.0 Å². The summed E-state index contributed by atoms with van der Waals surface area (Å²) in [6.45, 7) is 2.90. The number of benzene rings is 1. The second kappa shape index (κ2) is 7.15. The minimum atomic E-state index is -0.301. The van der Waals surface area contributed by atoms with Crippen molar-refractivity contribution in [3.63, 3.8) is 0 Å². The number of hydrogen-bond acceptors (Lipinski definition) is 4. The van der Waals surface area contributed by atoms with Crippen molar-refractivity contribution in [1.29, 1.82) is 0 Å². The van der Waals surface area contributed by atoms with Crippen LogP contribution in [0.4, 0.5) is 4.39 Å². The zero-order valence-electron chi connectivity index (χ0n) is 14.8. The smallest absolute Gasteiger partial charge is 0.289 e. The number of fused-ring (bicyclic) bond motifs is 1. The molecule has 27 heavy (non-hydrogen) atoms. The third kappa shape index (κ3) is 3.35. The van der Waals surface area contributed by atoms with Crippen LogP contribution in [0.1, 0.15) is 38.6 Å². The van der Waals surface area contributed by atoms with Crippen LogP contribution in [0.3, 0.4) is 0 Å². The van der Waals surface area contributed by atoms with Crippen LogP contribution in [0.2, 0.25) is 0 Å². The van der Waals surface area contributed by atoms with Gasteiger partial charge in [0.1, 0.15) is 5.82 Å². The second-order valence-electron chi connectivity index (χ2n) is 6.69. The van der Waals surface area contributed by atoms with Crippen LogP contribution < -0.4 is 5.32 Å². The third-order valence-corrected chi connectivity index (χ3v) is 6.21. The molecule has 1 saturated heterocycles. The third-order valence-electron chi connectivity index (χ3n) is 4.96. The van der Waals surface area contributed by atoms with Crippen LogP contribution in [0.15, 0.2) is 41.0 Å². The maximum atomic E-state index is 14.0. The number of piperidine rings is 1. The number of furan rings is 1. The Morgan fingerprint density at radius 2 is 2.00 bits per heavy atom. The molecule has 3 heterocycles. The van der Waals surface area contributed by atoms with E-state index in [4.69, 9.17) is 4.42 Å². The first-order valence-electron chi connectivity index (χ1n) is 8.86. The summed E-state index contributed by atoms with van der Waals surface area (Å²) in [5.74, 6) is -0.269. The molecule has 2 amide bonds. The zero-order valence-corrected chi connectivity index (χ0v) is 15.6. The number of hydrogen-bond donors (Lipinski definition) is 1. The molecule has 3 aromatic rings. The van der Waals surface area contributed by atoms with Gasteiger partial charge in [-0.1, -0.05) is 6.07 Å². The largest absolute Gasteiger partial charge is 0.459 e. The van der Waals surface area contributed by atoms with Gasteiger partial charge in [-0.15, -0.1) is 11.3 Å². The summed E-state index contributed by atoms with van der Waals surface area (Å²) in [6.07, 6.45) is 2.84. The standard InChI is InChI=1S/C20H19FN2O3S/c1-12-17-14(21)4-2-6-16(17)27-18(12)19(24)22-13-7-9-23(10-8-13)20(25)15-5-3-11-26-15/h2-6,11,13H,7-10H2,1H3,(H,22,24). The highest BCUT2D eigenvalue weighted by molar-refractivity contribution is 7.21. The van der Waals surface area contributed by atoms with E-state index < -0.39 is 0 Å². The van der Waals surface area contributed by atoms with Gasteiger partial charge in [-0.3, -0.25) is 9.59 Å². The molecule has 1 fully saturated rings. The highest BCUT2D eigenvalue weighted by Crippen LogP contribution is 2.32. The molecule has 140 valence electrons. The number of nitrogens with one attached hydrogen (secondary N) is 1. The lowest BCUT2D eigenvalue weighted by molar-refractivity contribution is 0.0667. The van der Waals surface area contributed by atoms with Crippen molar-refractivity contribution in [2.45, 2.75) is 25.8 Å². The fourth-order valence-corrected chi connectivity index (χ4v) is 4.63. The molecule has 7 heteroatoms. The number of aryl methyl sites for hydroxylation is 1. The van der Waals surface area contributed by atoms with E-state index in [1.165, 1.54) is 23.7 Å². The van der Waals surface area contributed by atoms with Crippen molar-refractivity contribution in [2.24, 2.45) is 0 Å². The molecule has 0 aliphatic carbocycles. The van der Waals surface area contributed by atoms with Gasteiger partial charge in [-0.25, -0.2) is 4.39 Å². The van der Waals surface area contributed by atoms with Crippen LogP contribution in [0, 0.1) is 12.7 Å². The Bertz CT molecular complexity index is 988. The number of halogens is 1. The maximum Gasteiger partial charge on any atom is 0.289 e. The molecular weight excluding hydrogens is 367 g/mol. The monoisotopic (exact) mass is 386 g/mol. The highest BCUT2D eigenvalue weighted by Gasteiger charge is 2.27. The zero-order chi connectivity index (χ0) is 19.0. The van der Waals surface area contributed by atoms with Crippen LogP contribution in [0.5, 0.6) is 0 Å². The number of thiophene rings is 1. The first kappa shape index (κ1) is 17.7. The Morgan fingerprint density at radius 1 is 1.22 bits per heavy atom. The van der Waals surface area contributed by atoms with Crippen LogP contribution in [0.25, 0.3) is 10.1 Å². The van der Waals surface area contributed by atoms with Crippen molar-refractivity contribution < 1.29 is 18.4 Å². The number of amides is 2. The minimum absolute atomic E-state index is 0.00684. The molecule has 0 atom stereocenters. The fraction of sp³-hybridized carbons (Fsp3) is 0.300. The van der Waals surface area contributed by atoms with E-state index in [-0.39, 0.29) is 23.7 Å². The van der Waals surface area contributed by atoms with E-state index >= 15 is 0 Å². The van der Waals surface area contributed by atoms with Crippen molar-refractivity contribution >= 4 is 33.2 Å². The Morgan fingerprint density at radius 3 is 2.67 bits per heavy atom. The molecule has 1 N–H and O–H groups in total. The SMILES string of the molecule is Cc1c(C(=O)NC2CCN(C(=O)c3ccco3)CC2)sc2cccc(F)c12. The first-order chi connectivity index (χ1) is 13.0. The van der Waals surface area contributed by atoms with Crippen molar-refractivity contribution in [3.8, 4) is 0 Å². The molecule has 5 nitrogen and oxygen atoms in total. The van der Waals surface area contributed by atoms with Gasteiger partial charge in [0.05, 0.1) is 11.1 Å². The molecule has 4 rings (SSSR count). The molecule has 1 aliphatic heterocycles. The number of carbonyl (C=O) groups is 2. The molecule has 0 spiro atoms. The van der Waals surface area contributed by atoms with Crippen molar-refractivity contribution in [3.05, 3.63) is 58.6 Å². The van der Waals surface area contributed by atoms with Gasteiger partial charge >= 0.3 is 0 Å². The predicted octanol–water partition coefficient (Wildman–Crippen LogP) is 3.98. The van der Waals surface area contributed by atoms with E-state index in [2.05, 4.69) is 5.32 Å². The van der Waals surface area contributed by atoms with Crippen LogP contribution in [-0.2, 0) is 0 Å². The number of likely N-dealkylation sites (tertiary alicyclic amines) is 1. The van der Waals surface area contributed by atoms with E-state index in [0.717, 1.165) is 4.70 Å². The summed E-state index contributed by atoms with van der Waals surface area (Å²) >= 11 is 1.31. The molecule has 0 bridgehead atoms. The summed E-state index contributed by atoms with van der Waals surface area (Å²) in [5.41, 5.74) is 0.677. The quantitative estimate of drug-likeness (QED) is 0.741. The molecule has 1 aliphatic rings. The van der Waals surface area contributed by atoms with Crippen LogP contribution >= 0.6 is 11.3 Å². The lowest BCUT2D eigenvalue weighted by Gasteiger charge is -2.31. The highest BCUT2D eigenvalue weighted by atomic mass is 32.1. The minimum Gasteiger partial charge on any atom is -0.459 e. The van der Waals surface area contributed by atoms with E-state index in [1.54, 1.807) is 30.0 Å². The van der Waals surface area contributed by atoms with Gasteiger partial charge in [0.2, 0.25) is 0 Å². The molecular formula is C20H19FN2O3S. The molecule has 0 radical (unpaired) electrons. The molecule has 0 unspecified atom stereocenters. The molecule has 0 saturated carbocycles. The van der Waals surface area contributed by atoms with Gasteiger partial charge < -0.3 is 14.6 Å². The van der Waals surface area contributed by atoms with Gasteiger partial charge in [0, 0.05) is 29.2 Å². The maximum absolute atomic E-state index is 14.0. The number of carbonyl (C=O) groups excluding carboxylic acids is 2. The van der Waals surface area contributed by atoms with E-state index in [0.29, 0.717) is 47.5 Å². The Balaban J connectivity index is 1.41. The summed E-state index contributed by atoms with van der Waals surface area (Å²) in [6, 6.07) is 8.23. The average molecular weight is 386 g/mol. The van der Waals surface area contributed by atoms with Crippen LogP contribution in [-0.4, -0.2) is 35.8 Å². The summed E-state index contributed by atoms with van der Waals surface area (Å²) in [5, 5.41) is 3.56. The summed E-state index contributed by atoms with van der Waals surface area (Å²) in [4.78, 5) is 27.3. The molecule has 2 aromatic heterocycles. The first-order valence-corrected chi connectivity index (χ1v) is 9.67. The predicted molar refractivity (Wildman–Crippen MR) is 102 cm³/mol.